The van der Waals surface area contributed by atoms with Gasteiger partial charge in [0.05, 0.1) is 12.4 Å². The van der Waals surface area contributed by atoms with Crippen molar-refractivity contribution in [3.63, 3.8) is 0 Å². The van der Waals surface area contributed by atoms with E-state index < -0.39 is 0 Å². The molecule has 0 amide bonds. The van der Waals surface area contributed by atoms with E-state index in [4.69, 9.17) is 0 Å². The molecule has 58 valence electrons. The van der Waals surface area contributed by atoms with E-state index in [1.54, 1.807) is 24.8 Å². The van der Waals surface area contributed by atoms with E-state index in [-0.39, 0.29) is 0 Å². The first-order valence-electron chi connectivity index (χ1n) is 3.64. The van der Waals surface area contributed by atoms with Crippen LogP contribution in [0.25, 0.3) is 11.1 Å². The first kappa shape index (κ1) is 6.91. The molecular weight excluding hydrogens is 150 g/mol. The van der Waals surface area contributed by atoms with Crippen LogP contribution in [0.15, 0.2) is 43.0 Å². The largest absolute Gasteiger partial charge is 0.265 e. The Morgan fingerprint density at radius 3 is 2.17 bits per heavy atom. The average Bonchev–Trinajstić information content (AvgIpc) is 2.21. The van der Waals surface area contributed by atoms with E-state index in [9.17, 15) is 0 Å². The first-order valence-corrected chi connectivity index (χ1v) is 3.64. The van der Waals surface area contributed by atoms with Crippen molar-refractivity contribution in [1.82, 2.24) is 15.2 Å². The molecule has 0 aliphatic heterocycles. The molecule has 0 aromatic carbocycles. The number of nitrogens with zero attached hydrogens (tertiary/aromatic N) is 3. The quantitative estimate of drug-likeness (QED) is 0.630. The van der Waals surface area contributed by atoms with Crippen LogP contribution in [-0.2, 0) is 0 Å². The maximum absolute atomic E-state index is 3.93. The number of aromatic nitrogens is 3. The van der Waals surface area contributed by atoms with Gasteiger partial charge in [0.15, 0.2) is 0 Å². The molecule has 3 nitrogen and oxygen atoms in total. The van der Waals surface area contributed by atoms with Crippen LogP contribution in [0.4, 0.5) is 0 Å². The Morgan fingerprint density at radius 2 is 1.50 bits per heavy atom. The zero-order chi connectivity index (χ0) is 8.23. The van der Waals surface area contributed by atoms with E-state index in [1.165, 1.54) is 0 Å². The summed E-state index contributed by atoms with van der Waals surface area (Å²) in [6.07, 6.45) is 6.93. The Bertz CT molecular complexity index is 307. The van der Waals surface area contributed by atoms with Crippen molar-refractivity contribution >= 4 is 0 Å². The molecule has 2 rings (SSSR count). The van der Waals surface area contributed by atoms with Gasteiger partial charge in [-0.3, -0.25) is 4.98 Å². The topological polar surface area (TPSA) is 38.7 Å². The fourth-order valence-corrected chi connectivity index (χ4v) is 1.01. The Morgan fingerprint density at radius 1 is 0.750 bits per heavy atom. The van der Waals surface area contributed by atoms with Crippen LogP contribution in [0.5, 0.6) is 0 Å². The molecule has 2 aromatic rings. The van der Waals surface area contributed by atoms with Crippen molar-refractivity contribution in [3.05, 3.63) is 43.0 Å². The molecule has 0 atom stereocenters. The van der Waals surface area contributed by atoms with E-state index in [0.717, 1.165) is 11.1 Å². The second kappa shape index (κ2) is 3.09. The molecule has 3 heteroatoms. The van der Waals surface area contributed by atoms with E-state index >= 15 is 0 Å². The second-order valence-electron chi connectivity index (χ2n) is 2.37. The summed E-state index contributed by atoms with van der Waals surface area (Å²) in [5, 5.41) is 7.50. The summed E-state index contributed by atoms with van der Waals surface area (Å²) >= 11 is 0. The van der Waals surface area contributed by atoms with E-state index in [2.05, 4.69) is 15.2 Å². The maximum Gasteiger partial charge on any atom is 0.0574 e. The van der Waals surface area contributed by atoms with Gasteiger partial charge in [0.25, 0.3) is 0 Å². The van der Waals surface area contributed by atoms with Crippen LogP contribution in [0.1, 0.15) is 0 Å². The molecule has 0 fully saturated rings. The van der Waals surface area contributed by atoms with Gasteiger partial charge in [-0.15, -0.1) is 0 Å². The predicted molar refractivity (Wildman–Crippen MR) is 45.3 cm³/mol. The zero-order valence-electron chi connectivity index (χ0n) is 6.38. The highest BCUT2D eigenvalue weighted by molar-refractivity contribution is 5.60. The van der Waals surface area contributed by atoms with Gasteiger partial charge in [0.1, 0.15) is 0 Å². The fourth-order valence-electron chi connectivity index (χ4n) is 1.01. The lowest BCUT2D eigenvalue weighted by Gasteiger charge is -1.96. The van der Waals surface area contributed by atoms with Crippen LogP contribution in [-0.4, -0.2) is 15.2 Å². The lowest BCUT2D eigenvalue weighted by molar-refractivity contribution is 1.03. The molecule has 2 heterocycles. The Kier molecular flexibility index (Phi) is 1.78. The first-order chi connectivity index (χ1) is 5.97. The molecule has 12 heavy (non-hydrogen) atoms. The Balaban J connectivity index is 2.46. The molecule has 0 aliphatic rings. The summed E-state index contributed by atoms with van der Waals surface area (Å²) in [5.41, 5.74) is 2.17. The van der Waals surface area contributed by atoms with Gasteiger partial charge in [-0.05, 0) is 23.8 Å². The van der Waals surface area contributed by atoms with Gasteiger partial charge in [0, 0.05) is 18.0 Å². The van der Waals surface area contributed by atoms with Crippen LogP contribution in [0.2, 0.25) is 0 Å². The van der Waals surface area contributed by atoms with Crippen LogP contribution in [0.3, 0.4) is 0 Å². The third kappa shape index (κ3) is 1.29. The monoisotopic (exact) mass is 157 g/mol. The lowest BCUT2D eigenvalue weighted by atomic mass is 10.1. The molecule has 0 unspecified atom stereocenters. The third-order valence-corrected chi connectivity index (χ3v) is 1.60. The smallest absolute Gasteiger partial charge is 0.0574 e. The lowest BCUT2D eigenvalue weighted by Crippen LogP contribution is -1.81. The highest BCUT2D eigenvalue weighted by atomic mass is 15.1. The van der Waals surface area contributed by atoms with Crippen molar-refractivity contribution in [2.45, 2.75) is 0 Å². The third-order valence-electron chi connectivity index (χ3n) is 1.60. The standard InChI is InChI=1S/C9H7N3/c1-4-10-5-2-8(1)9-3-6-11-12-7-9/h1-7H. The molecule has 2 aromatic heterocycles. The van der Waals surface area contributed by atoms with Gasteiger partial charge >= 0.3 is 0 Å². The highest BCUT2D eigenvalue weighted by Crippen LogP contribution is 2.14. The second-order valence-corrected chi connectivity index (χ2v) is 2.37. The number of hydrogen-bond acceptors (Lipinski definition) is 3. The molecule has 0 saturated carbocycles. The van der Waals surface area contributed by atoms with Crippen LogP contribution in [0, 0.1) is 0 Å². The van der Waals surface area contributed by atoms with Crippen molar-refractivity contribution in [3.8, 4) is 11.1 Å². The molecule has 0 bridgehead atoms. The van der Waals surface area contributed by atoms with Gasteiger partial charge < -0.3 is 0 Å². The van der Waals surface area contributed by atoms with Gasteiger partial charge in [0.2, 0.25) is 0 Å². The van der Waals surface area contributed by atoms with E-state index in [1.807, 2.05) is 18.2 Å². The predicted octanol–water partition coefficient (Wildman–Crippen LogP) is 1.54. The zero-order valence-corrected chi connectivity index (χ0v) is 6.38. The van der Waals surface area contributed by atoms with Crippen LogP contribution < -0.4 is 0 Å². The summed E-state index contributed by atoms with van der Waals surface area (Å²) in [4.78, 5) is 3.93. The SMILES string of the molecule is c1cc(-c2ccnnc2)ccn1. The summed E-state index contributed by atoms with van der Waals surface area (Å²) in [7, 11) is 0. The minimum atomic E-state index is 1.06. The average molecular weight is 157 g/mol. The minimum Gasteiger partial charge on any atom is -0.265 e. The molecule has 0 saturated heterocycles. The van der Waals surface area contributed by atoms with Crippen molar-refractivity contribution in [1.29, 1.82) is 0 Å². The van der Waals surface area contributed by atoms with Crippen molar-refractivity contribution < 1.29 is 0 Å². The molecule has 0 spiro atoms. The Hall–Kier alpha value is -1.77. The molecular formula is C9H7N3. The van der Waals surface area contributed by atoms with Gasteiger partial charge in [-0.2, -0.15) is 10.2 Å². The summed E-state index contributed by atoms with van der Waals surface area (Å²) < 4.78 is 0. The highest BCUT2D eigenvalue weighted by Gasteiger charge is 1.93. The van der Waals surface area contributed by atoms with E-state index in [0.29, 0.717) is 0 Å². The van der Waals surface area contributed by atoms with Gasteiger partial charge in [-0.25, -0.2) is 0 Å². The number of pyridine rings is 1. The molecule has 0 radical (unpaired) electrons. The summed E-state index contributed by atoms with van der Waals surface area (Å²) in [5.74, 6) is 0. The van der Waals surface area contributed by atoms with Gasteiger partial charge in [-0.1, -0.05) is 0 Å². The minimum absolute atomic E-state index is 1.06. The fraction of sp³-hybridized carbons (Fsp3) is 0. The van der Waals surface area contributed by atoms with Crippen LogP contribution >= 0.6 is 0 Å². The summed E-state index contributed by atoms with van der Waals surface area (Å²) in [6, 6.07) is 5.80. The Labute approximate surface area is 70.1 Å². The summed E-state index contributed by atoms with van der Waals surface area (Å²) in [6.45, 7) is 0. The normalized spacial score (nSPS) is 9.67. The number of rotatable bonds is 1. The number of hydrogen-bond donors (Lipinski definition) is 0. The maximum atomic E-state index is 3.93. The van der Waals surface area contributed by atoms with Crippen molar-refractivity contribution in [2.24, 2.45) is 0 Å². The molecule has 0 aliphatic carbocycles. The van der Waals surface area contributed by atoms with Crippen molar-refractivity contribution in [2.75, 3.05) is 0 Å². The molecule has 0 N–H and O–H groups in total.